The van der Waals surface area contributed by atoms with Gasteiger partial charge in [-0.3, -0.25) is 4.79 Å². The number of aromatic nitrogens is 1. The van der Waals surface area contributed by atoms with E-state index in [0.717, 1.165) is 31.2 Å². The van der Waals surface area contributed by atoms with E-state index >= 15 is 0 Å². The second kappa shape index (κ2) is 9.92. The summed E-state index contributed by atoms with van der Waals surface area (Å²) in [6, 6.07) is 11.4. The molecule has 1 aromatic heterocycles. The Bertz CT molecular complexity index is 750. The first kappa shape index (κ1) is 19.2. The maximum absolute atomic E-state index is 12.5. The molecule has 27 heavy (non-hydrogen) atoms. The number of hydrogen-bond acceptors (Lipinski definition) is 5. The maximum atomic E-state index is 12.5. The van der Waals surface area contributed by atoms with Crippen molar-refractivity contribution in [2.24, 2.45) is 0 Å². The van der Waals surface area contributed by atoms with Crippen LogP contribution in [0.1, 0.15) is 31.2 Å². The van der Waals surface area contributed by atoms with Crippen LogP contribution in [-0.4, -0.2) is 42.7 Å². The summed E-state index contributed by atoms with van der Waals surface area (Å²) in [5, 5.41) is 0. The number of nitrogens with zero attached hydrogens (tertiary/aromatic N) is 2. The predicted octanol–water partition coefficient (Wildman–Crippen LogP) is 3.80. The molecular weight excluding hydrogens is 344 g/mol. The first-order valence-corrected chi connectivity index (χ1v) is 9.38. The molecule has 1 amide bonds. The van der Waals surface area contributed by atoms with Crippen LogP contribution in [0.15, 0.2) is 42.6 Å². The molecule has 1 aromatic carbocycles. The Morgan fingerprint density at radius 3 is 2.78 bits per heavy atom. The molecule has 0 spiro atoms. The fourth-order valence-corrected chi connectivity index (χ4v) is 3.05. The Balaban J connectivity index is 1.89. The summed E-state index contributed by atoms with van der Waals surface area (Å²) in [6.45, 7) is 1.84. The van der Waals surface area contributed by atoms with E-state index in [2.05, 4.69) is 4.98 Å². The maximum Gasteiger partial charge on any atom is 0.248 e. The van der Waals surface area contributed by atoms with Crippen LogP contribution in [0.25, 0.3) is 0 Å². The minimum Gasteiger partial charge on any atom is -0.490 e. The van der Waals surface area contributed by atoms with Crippen molar-refractivity contribution >= 4 is 5.91 Å². The summed E-state index contributed by atoms with van der Waals surface area (Å²) < 4.78 is 17.0. The van der Waals surface area contributed by atoms with Gasteiger partial charge in [0, 0.05) is 25.4 Å². The molecular formula is C21H26N2O4. The van der Waals surface area contributed by atoms with E-state index in [4.69, 9.17) is 14.2 Å². The average molecular weight is 370 g/mol. The van der Waals surface area contributed by atoms with Gasteiger partial charge in [0.2, 0.25) is 11.8 Å². The van der Waals surface area contributed by atoms with Crippen LogP contribution in [0.5, 0.6) is 17.4 Å². The highest BCUT2D eigenvalue weighted by atomic mass is 16.5. The Morgan fingerprint density at radius 2 is 1.93 bits per heavy atom. The van der Waals surface area contributed by atoms with Crippen LogP contribution < -0.4 is 9.47 Å². The van der Waals surface area contributed by atoms with E-state index in [9.17, 15) is 4.79 Å². The van der Waals surface area contributed by atoms with Crippen molar-refractivity contribution in [2.45, 2.75) is 32.2 Å². The van der Waals surface area contributed by atoms with Crippen LogP contribution in [0, 0.1) is 0 Å². The number of ether oxygens (including phenoxy) is 3. The molecule has 3 rings (SSSR count). The number of carbonyl (C=O) groups is 1. The summed E-state index contributed by atoms with van der Waals surface area (Å²) in [7, 11) is 1.54. The summed E-state index contributed by atoms with van der Waals surface area (Å²) in [5.74, 6) is 1.80. The molecule has 0 fully saturated rings. The number of fused-ring (bicyclic) bond motifs is 2. The van der Waals surface area contributed by atoms with Crippen LogP contribution >= 0.6 is 0 Å². The number of pyridine rings is 1. The number of hydrogen-bond donors (Lipinski definition) is 0. The third-order valence-electron chi connectivity index (χ3n) is 4.47. The van der Waals surface area contributed by atoms with E-state index in [0.29, 0.717) is 37.1 Å². The average Bonchev–Trinajstić information content (AvgIpc) is 2.68. The summed E-state index contributed by atoms with van der Waals surface area (Å²) in [5.41, 5.74) is 0.855. The Morgan fingerprint density at radius 1 is 1.11 bits per heavy atom. The fourth-order valence-electron chi connectivity index (χ4n) is 3.05. The number of amides is 1. The molecule has 6 nitrogen and oxygen atoms in total. The van der Waals surface area contributed by atoms with E-state index in [1.54, 1.807) is 6.20 Å². The van der Waals surface area contributed by atoms with Gasteiger partial charge in [0.1, 0.15) is 6.61 Å². The zero-order valence-electron chi connectivity index (χ0n) is 15.7. The van der Waals surface area contributed by atoms with Crippen molar-refractivity contribution < 1.29 is 19.0 Å². The van der Waals surface area contributed by atoms with Gasteiger partial charge in [-0.05, 0) is 31.0 Å². The number of methoxy groups -OCH3 is 1. The van der Waals surface area contributed by atoms with Gasteiger partial charge in [0.25, 0.3) is 0 Å². The van der Waals surface area contributed by atoms with Gasteiger partial charge in [-0.15, -0.1) is 0 Å². The van der Waals surface area contributed by atoms with E-state index < -0.39 is 0 Å². The minimum atomic E-state index is -0.0249. The molecule has 0 bridgehead atoms. The molecule has 1 aliphatic heterocycles. The molecule has 0 saturated carbocycles. The van der Waals surface area contributed by atoms with E-state index in [1.807, 2.05) is 41.3 Å². The first-order valence-electron chi connectivity index (χ1n) is 9.38. The van der Waals surface area contributed by atoms with E-state index in [-0.39, 0.29) is 12.5 Å². The lowest BCUT2D eigenvalue weighted by atomic mass is 10.1. The highest BCUT2D eigenvalue weighted by Gasteiger charge is 2.18. The third kappa shape index (κ3) is 5.44. The summed E-state index contributed by atoms with van der Waals surface area (Å²) in [4.78, 5) is 18.7. The SMILES string of the molecule is COCC(=O)N1CCCCCCOc2ccccc2Oc2ncccc2C1. The van der Waals surface area contributed by atoms with Crippen molar-refractivity contribution in [3.8, 4) is 17.4 Å². The van der Waals surface area contributed by atoms with Crippen molar-refractivity contribution in [3.05, 3.63) is 48.2 Å². The molecule has 0 unspecified atom stereocenters. The standard InChI is InChI=1S/C21H26N2O4/c1-25-16-20(24)23-13-6-2-3-7-14-26-18-10-4-5-11-19(18)27-21-17(15-23)9-8-12-22-21/h4-5,8-12H,2-3,6-7,13-16H2,1H3. The van der Waals surface area contributed by atoms with Gasteiger partial charge < -0.3 is 19.1 Å². The Labute approximate surface area is 160 Å². The van der Waals surface area contributed by atoms with Gasteiger partial charge in [-0.25, -0.2) is 4.98 Å². The summed E-state index contributed by atoms with van der Waals surface area (Å²) >= 11 is 0. The number of rotatable bonds is 2. The largest absolute Gasteiger partial charge is 0.490 e. The molecule has 0 atom stereocenters. The highest BCUT2D eigenvalue weighted by Crippen LogP contribution is 2.32. The number of carbonyl (C=O) groups excluding carboxylic acids is 1. The van der Waals surface area contributed by atoms with Crippen LogP contribution in [0.2, 0.25) is 0 Å². The van der Waals surface area contributed by atoms with Crippen molar-refractivity contribution in [3.63, 3.8) is 0 Å². The van der Waals surface area contributed by atoms with Gasteiger partial charge in [-0.1, -0.05) is 31.0 Å². The second-order valence-corrected chi connectivity index (χ2v) is 6.53. The fraction of sp³-hybridized carbons (Fsp3) is 0.429. The monoisotopic (exact) mass is 370 g/mol. The van der Waals surface area contributed by atoms with Crippen molar-refractivity contribution in [1.29, 1.82) is 0 Å². The molecule has 6 heteroatoms. The lowest BCUT2D eigenvalue weighted by Crippen LogP contribution is -2.34. The molecule has 1 aliphatic rings. The topological polar surface area (TPSA) is 60.9 Å². The summed E-state index contributed by atoms with van der Waals surface area (Å²) in [6.07, 6.45) is 5.72. The Hall–Kier alpha value is -2.60. The smallest absolute Gasteiger partial charge is 0.248 e. The molecule has 0 saturated heterocycles. The van der Waals surface area contributed by atoms with Crippen molar-refractivity contribution in [1.82, 2.24) is 9.88 Å². The zero-order chi connectivity index (χ0) is 18.9. The van der Waals surface area contributed by atoms with Gasteiger partial charge in [-0.2, -0.15) is 0 Å². The number of para-hydroxylation sites is 2. The molecule has 2 heterocycles. The first-order chi connectivity index (χ1) is 13.3. The molecule has 0 aliphatic carbocycles. The molecule has 144 valence electrons. The minimum absolute atomic E-state index is 0.0249. The van der Waals surface area contributed by atoms with Crippen LogP contribution in [0.4, 0.5) is 0 Å². The normalized spacial score (nSPS) is 15.5. The quantitative estimate of drug-likeness (QED) is 0.805. The van der Waals surface area contributed by atoms with Crippen LogP contribution in [0.3, 0.4) is 0 Å². The van der Waals surface area contributed by atoms with Crippen LogP contribution in [-0.2, 0) is 16.1 Å². The Kier molecular flexibility index (Phi) is 7.04. The van der Waals surface area contributed by atoms with Gasteiger partial charge in [0.15, 0.2) is 11.5 Å². The lowest BCUT2D eigenvalue weighted by molar-refractivity contribution is -0.135. The molecule has 2 aromatic rings. The predicted molar refractivity (Wildman–Crippen MR) is 102 cm³/mol. The molecule has 0 radical (unpaired) electrons. The highest BCUT2D eigenvalue weighted by molar-refractivity contribution is 5.77. The zero-order valence-corrected chi connectivity index (χ0v) is 15.7. The third-order valence-corrected chi connectivity index (χ3v) is 4.47. The molecule has 0 N–H and O–H groups in total. The van der Waals surface area contributed by atoms with E-state index in [1.165, 1.54) is 7.11 Å². The number of benzene rings is 1. The lowest BCUT2D eigenvalue weighted by Gasteiger charge is -2.24. The van der Waals surface area contributed by atoms with Crippen molar-refractivity contribution in [2.75, 3.05) is 26.9 Å². The van der Waals surface area contributed by atoms with Gasteiger partial charge >= 0.3 is 0 Å². The second-order valence-electron chi connectivity index (χ2n) is 6.53. The van der Waals surface area contributed by atoms with Gasteiger partial charge in [0.05, 0.1) is 13.2 Å².